The molecule has 4 rings (SSSR count). The van der Waals surface area contributed by atoms with Crippen molar-refractivity contribution in [1.29, 1.82) is 0 Å². The quantitative estimate of drug-likeness (QED) is 0.473. The van der Waals surface area contributed by atoms with Gasteiger partial charge in [-0.15, -0.1) is 0 Å². The number of carbonyl (C=O) groups excluding carboxylic acids is 1. The Labute approximate surface area is 193 Å². The van der Waals surface area contributed by atoms with Gasteiger partial charge in [0.2, 0.25) is 0 Å². The number of nitrogens with zero attached hydrogens (tertiary/aromatic N) is 1. The van der Waals surface area contributed by atoms with Crippen LogP contribution >= 0.6 is 11.6 Å². The fourth-order valence-electron chi connectivity index (χ4n) is 4.32. The molecule has 2 atom stereocenters. The first-order chi connectivity index (χ1) is 15.7. The van der Waals surface area contributed by atoms with Gasteiger partial charge in [-0.3, -0.25) is 4.79 Å². The number of carboxylic acids is 1. The summed E-state index contributed by atoms with van der Waals surface area (Å²) in [7, 11) is 0. The molecule has 1 amide bonds. The summed E-state index contributed by atoms with van der Waals surface area (Å²) in [6.07, 6.45) is -4.20. The second-order valence-electron chi connectivity index (χ2n) is 7.81. The van der Waals surface area contributed by atoms with Crippen LogP contribution < -0.4 is 0 Å². The molecule has 3 aromatic rings. The predicted octanol–water partition coefficient (Wildman–Crippen LogP) is 6.46. The molecule has 33 heavy (non-hydrogen) atoms. The van der Waals surface area contributed by atoms with Crippen LogP contribution in [0.5, 0.6) is 0 Å². The Bertz CT molecular complexity index is 1200. The summed E-state index contributed by atoms with van der Waals surface area (Å²) in [6.45, 7) is 0. The molecule has 1 aliphatic rings. The highest BCUT2D eigenvalue weighted by atomic mass is 35.5. The van der Waals surface area contributed by atoms with E-state index in [0.717, 1.165) is 11.0 Å². The van der Waals surface area contributed by atoms with Gasteiger partial charge in [-0.1, -0.05) is 66.2 Å². The van der Waals surface area contributed by atoms with E-state index in [1.807, 2.05) is 0 Å². The molecule has 8 heteroatoms. The average Bonchev–Trinajstić information content (AvgIpc) is 3.24. The Hall–Kier alpha value is -3.32. The lowest BCUT2D eigenvalue weighted by atomic mass is 9.96. The molecule has 1 N–H and O–H groups in total. The van der Waals surface area contributed by atoms with E-state index in [0.29, 0.717) is 22.6 Å². The highest BCUT2D eigenvalue weighted by Crippen LogP contribution is 2.42. The first-order valence-corrected chi connectivity index (χ1v) is 10.6. The normalized spacial score (nSPS) is 18.4. The average molecular weight is 474 g/mol. The molecule has 170 valence electrons. The van der Waals surface area contributed by atoms with E-state index >= 15 is 0 Å². The smallest absolute Gasteiger partial charge is 0.417 e. The molecule has 3 aromatic carbocycles. The van der Waals surface area contributed by atoms with Crippen molar-refractivity contribution >= 4 is 23.5 Å². The van der Waals surface area contributed by atoms with E-state index in [2.05, 4.69) is 0 Å². The zero-order valence-corrected chi connectivity index (χ0v) is 18.0. The Morgan fingerprint density at radius 3 is 2.24 bits per heavy atom. The van der Waals surface area contributed by atoms with Gasteiger partial charge < -0.3 is 10.0 Å². The summed E-state index contributed by atoms with van der Waals surface area (Å²) in [5.41, 5.74) is -0.318. The largest absolute Gasteiger partial charge is 0.480 e. The molecule has 1 unspecified atom stereocenters. The third kappa shape index (κ3) is 4.46. The number of aliphatic carboxylic acids is 1. The van der Waals surface area contributed by atoms with Crippen molar-refractivity contribution in [3.05, 3.63) is 94.5 Å². The van der Waals surface area contributed by atoms with Gasteiger partial charge >= 0.3 is 12.1 Å². The van der Waals surface area contributed by atoms with Gasteiger partial charge in [0.05, 0.1) is 11.6 Å². The van der Waals surface area contributed by atoms with Gasteiger partial charge in [0.1, 0.15) is 6.04 Å². The van der Waals surface area contributed by atoms with Gasteiger partial charge in [0.25, 0.3) is 5.91 Å². The maximum atomic E-state index is 13.9. The van der Waals surface area contributed by atoms with E-state index in [4.69, 9.17) is 11.6 Å². The fraction of sp³-hybridized carbons (Fsp3) is 0.200. The summed E-state index contributed by atoms with van der Waals surface area (Å²) in [4.78, 5) is 26.4. The standard InChI is InChI=1S/C25H19ClF3NO3/c26-20-9-5-4-8-18(20)21-12-13-22(24(32)33)30(21)23(31)16-10-11-17(15-6-2-1-3-7-15)19(14-16)25(27,28)29/h1-11,14,21-22H,12-13H2,(H,32,33)/t21?,22-/m0/s1. The number of hydrogen-bond acceptors (Lipinski definition) is 2. The zero-order valence-electron chi connectivity index (χ0n) is 17.2. The first kappa shape index (κ1) is 22.9. The molecule has 1 saturated heterocycles. The van der Waals surface area contributed by atoms with Crippen molar-refractivity contribution in [1.82, 2.24) is 4.90 Å². The maximum Gasteiger partial charge on any atom is 0.417 e. The van der Waals surface area contributed by atoms with E-state index < -0.39 is 35.7 Å². The molecule has 0 saturated carbocycles. The molecule has 0 bridgehead atoms. The first-order valence-electron chi connectivity index (χ1n) is 10.2. The summed E-state index contributed by atoms with van der Waals surface area (Å²) in [5.74, 6) is -2.00. The minimum Gasteiger partial charge on any atom is -0.480 e. The topological polar surface area (TPSA) is 57.6 Å². The fourth-order valence-corrected chi connectivity index (χ4v) is 4.58. The van der Waals surface area contributed by atoms with E-state index in [9.17, 15) is 27.9 Å². The van der Waals surface area contributed by atoms with Crippen molar-refractivity contribution < 1.29 is 27.9 Å². The summed E-state index contributed by atoms with van der Waals surface area (Å²) in [6, 6.07) is 16.3. The molecule has 1 heterocycles. The zero-order chi connectivity index (χ0) is 23.8. The monoisotopic (exact) mass is 473 g/mol. The predicted molar refractivity (Wildman–Crippen MR) is 118 cm³/mol. The van der Waals surface area contributed by atoms with Crippen LogP contribution in [0.4, 0.5) is 13.2 Å². The van der Waals surface area contributed by atoms with Gasteiger partial charge in [-0.25, -0.2) is 4.79 Å². The molecule has 0 radical (unpaired) electrons. The third-order valence-electron chi connectivity index (χ3n) is 5.83. The van der Waals surface area contributed by atoms with Gasteiger partial charge in [-0.2, -0.15) is 13.2 Å². The third-order valence-corrected chi connectivity index (χ3v) is 6.17. The van der Waals surface area contributed by atoms with Crippen LogP contribution in [-0.4, -0.2) is 27.9 Å². The molecule has 0 spiro atoms. The number of carboxylic acid groups (broad SMARTS) is 1. The van der Waals surface area contributed by atoms with Crippen molar-refractivity contribution in [2.75, 3.05) is 0 Å². The SMILES string of the molecule is O=C(O)[C@@H]1CCC(c2ccccc2Cl)N1C(=O)c1ccc(-c2ccccc2)c(C(F)(F)F)c1. The minimum atomic E-state index is -4.71. The Morgan fingerprint density at radius 1 is 0.939 bits per heavy atom. The highest BCUT2D eigenvalue weighted by molar-refractivity contribution is 6.31. The van der Waals surface area contributed by atoms with Crippen molar-refractivity contribution in [2.45, 2.75) is 31.1 Å². The van der Waals surface area contributed by atoms with Crippen LogP contribution in [-0.2, 0) is 11.0 Å². The van der Waals surface area contributed by atoms with Gasteiger partial charge in [-0.05, 0) is 47.7 Å². The number of carbonyl (C=O) groups is 2. The van der Waals surface area contributed by atoms with Crippen LogP contribution in [0.2, 0.25) is 5.02 Å². The van der Waals surface area contributed by atoms with Gasteiger partial charge in [0.15, 0.2) is 0 Å². The van der Waals surface area contributed by atoms with Crippen LogP contribution in [0.15, 0.2) is 72.8 Å². The van der Waals surface area contributed by atoms with Crippen molar-refractivity contribution in [3.63, 3.8) is 0 Å². The number of rotatable bonds is 4. The number of likely N-dealkylation sites (tertiary alicyclic amines) is 1. The van der Waals surface area contributed by atoms with E-state index in [1.54, 1.807) is 54.6 Å². The molecule has 1 fully saturated rings. The molecule has 1 aliphatic heterocycles. The molecular formula is C25H19ClF3NO3. The highest BCUT2D eigenvalue weighted by Gasteiger charge is 2.43. The van der Waals surface area contributed by atoms with Crippen molar-refractivity contribution in [2.24, 2.45) is 0 Å². The number of hydrogen-bond donors (Lipinski definition) is 1. The molecule has 0 aromatic heterocycles. The molecule has 4 nitrogen and oxygen atoms in total. The minimum absolute atomic E-state index is 0.0569. The van der Waals surface area contributed by atoms with Crippen LogP contribution in [0.25, 0.3) is 11.1 Å². The summed E-state index contributed by atoms with van der Waals surface area (Å²) < 4.78 is 41.8. The molecule has 0 aliphatic carbocycles. The lowest BCUT2D eigenvalue weighted by molar-refractivity contribution is -0.142. The van der Waals surface area contributed by atoms with Crippen LogP contribution in [0.1, 0.15) is 40.4 Å². The van der Waals surface area contributed by atoms with E-state index in [-0.39, 0.29) is 17.5 Å². The number of amides is 1. The summed E-state index contributed by atoms with van der Waals surface area (Å²) in [5, 5.41) is 10.0. The van der Waals surface area contributed by atoms with Crippen molar-refractivity contribution in [3.8, 4) is 11.1 Å². The summed E-state index contributed by atoms with van der Waals surface area (Å²) >= 11 is 6.29. The number of benzene rings is 3. The number of alkyl halides is 3. The van der Waals surface area contributed by atoms with Crippen LogP contribution in [0, 0.1) is 0 Å². The van der Waals surface area contributed by atoms with Gasteiger partial charge in [0, 0.05) is 10.6 Å². The molecular weight excluding hydrogens is 455 g/mol. The second-order valence-corrected chi connectivity index (χ2v) is 8.21. The second kappa shape index (κ2) is 8.90. The van der Waals surface area contributed by atoms with Crippen LogP contribution in [0.3, 0.4) is 0 Å². The lowest BCUT2D eigenvalue weighted by Gasteiger charge is -2.29. The van der Waals surface area contributed by atoms with E-state index in [1.165, 1.54) is 12.1 Å². The number of halogens is 4. The Morgan fingerprint density at radius 2 is 1.61 bits per heavy atom. The Kier molecular flexibility index (Phi) is 6.17. The maximum absolute atomic E-state index is 13.9. The lowest BCUT2D eigenvalue weighted by Crippen LogP contribution is -2.42. The Balaban J connectivity index is 1.79.